The van der Waals surface area contributed by atoms with E-state index >= 15 is 8.78 Å². The van der Waals surface area contributed by atoms with E-state index in [1.165, 1.54) is 18.2 Å². The lowest BCUT2D eigenvalue weighted by Gasteiger charge is -2.48. The SMILES string of the molecule is Oc1cc(-c2c(F)cc3c(N4CC5CC(C4)N5)nc(OCC45CCCN4CC(F)(F)C5)nc3c2F)c2ccccc2c1. The number of halogens is 4. The number of hydrogen-bond donors (Lipinski definition) is 2. The molecule has 42 heavy (non-hydrogen) atoms. The molecule has 3 unspecified atom stereocenters. The Kier molecular flexibility index (Phi) is 5.66. The molecule has 5 aliphatic heterocycles. The number of alkyl halides is 2. The first-order valence-corrected chi connectivity index (χ1v) is 14.4. The van der Waals surface area contributed by atoms with Crippen LogP contribution in [0.15, 0.2) is 42.5 Å². The van der Waals surface area contributed by atoms with Gasteiger partial charge in [0.15, 0.2) is 5.82 Å². The Balaban J connectivity index is 1.26. The van der Waals surface area contributed by atoms with E-state index in [2.05, 4.69) is 15.3 Å². The molecule has 1 aromatic heterocycles. The number of ether oxygens (including phenoxy) is 1. The van der Waals surface area contributed by atoms with E-state index in [1.54, 1.807) is 29.2 Å². The molecule has 0 aliphatic carbocycles. The van der Waals surface area contributed by atoms with Gasteiger partial charge in [0.2, 0.25) is 0 Å². The molecule has 0 amide bonds. The number of piperazine rings is 1. The summed E-state index contributed by atoms with van der Waals surface area (Å²) in [6, 6.07) is 11.5. The Hall–Kier alpha value is -3.70. The summed E-state index contributed by atoms with van der Waals surface area (Å²) in [5.41, 5.74) is -1.07. The van der Waals surface area contributed by atoms with Crippen molar-refractivity contribution in [2.75, 3.05) is 37.7 Å². The second-order valence-corrected chi connectivity index (χ2v) is 12.3. The Morgan fingerprint density at radius 1 is 1.05 bits per heavy atom. The lowest BCUT2D eigenvalue weighted by molar-refractivity contribution is 0.00803. The number of aromatic hydroxyl groups is 1. The fraction of sp³-hybridized carbons (Fsp3) is 0.419. The minimum absolute atomic E-state index is 0.0484. The summed E-state index contributed by atoms with van der Waals surface area (Å²) in [6.45, 7) is 1.43. The summed E-state index contributed by atoms with van der Waals surface area (Å²) in [5.74, 6) is -4.27. The zero-order chi connectivity index (χ0) is 28.8. The van der Waals surface area contributed by atoms with Crippen LogP contribution >= 0.6 is 0 Å². The van der Waals surface area contributed by atoms with Gasteiger partial charge in [0.1, 0.15) is 29.5 Å². The van der Waals surface area contributed by atoms with Crippen molar-refractivity contribution < 1.29 is 27.4 Å². The molecule has 218 valence electrons. The Bertz CT molecular complexity index is 1740. The lowest BCUT2D eigenvalue weighted by atomic mass is 9.91. The molecule has 9 rings (SSSR count). The molecule has 2 N–H and O–H groups in total. The summed E-state index contributed by atoms with van der Waals surface area (Å²) in [5, 5.41) is 15.2. The monoisotopic (exact) mass is 579 g/mol. The quantitative estimate of drug-likeness (QED) is 0.314. The van der Waals surface area contributed by atoms with E-state index in [0.717, 1.165) is 12.8 Å². The molecule has 0 spiro atoms. The Morgan fingerprint density at radius 3 is 2.64 bits per heavy atom. The van der Waals surface area contributed by atoms with Crippen molar-refractivity contribution in [2.24, 2.45) is 0 Å². The third-order valence-electron chi connectivity index (χ3n) is 9.40. The first-order valence-electron chi connectivity index (χ1n) is 14.4. The van der Waals surface area contributed by atoms with Crippen molar-refractivity contribution >= 4 is 27.5 Å². The number of anilines is 1. The van der Waals surface area contributed by atoms with Crippen LogP contribution in [-0.2, 0) is 0 Å². The lowest BCUT2D eigenvalue weighted by Crippen LogP contribution is -2.67. The van der Waals surface area contributed by atoms with E-state index < -0.39 is 23.1 Å². The molecule has 7 nitrogen and oxygen atoms in total. The van der Waals surface area contributed by atoms with Gasteiger partial charge in [-0.25, -0.2) is 17.6 Å². The van der Waals surface area contributed by atoms with E-state index in [0.29, 0.717) is 42.6 Å². The van der Waals surface area contributed by atoms with Crippen LogP contribution in [0, 0.1) is 11.6 Å². The average molecular weight is 580 g/mol. The molecule has 3 atom stereocenters. The van der Waals surface area contributed by atoms with Gasteiger partial charge < -0.3 is 20.1 Å². The number of nitrogens with one attached hydrogen (secondary N) is 1. The number of phenols is 1. The zero-order valence-corrected chi connectivity index (χ0v) is 22.7. The topological polar surface area (TPSA) is 73.8 Å². The fourth-order valence-corrected chi connectivity index (χ4v) is 7.57. The van der Waals surface area contributed by atoms with Crippen LogP contribution in [0.3, 0.4) is 0 Å². The van der Waals surface area contributed by atoms with E-state index in [4.69, 9.17) is 4.74 Å². The van der Waals surface area contributed by atoms with Gasteiger partial charge in [-0.15, -0.1) is 0 Å². The third-order valence-corrected chi connectivity index (χ3v) is 9.40. The summed E-state index contributed by atoms with van der Waals surface area (Å²) >= 11 is 0. The number of phenolic OH excluding ortho intramolecular Hbond substituents is 1. The van der Waals surface area contributed by atoms with Gasteiger partial charge in [0, 0.05) is 37.0 Å². The molecular weight excluding hydrogens is 550 g/mol. The van der Waals surface area contributed by atoms with Crippen molar-refractivity contribution in [3.8, 4) is 22.9 Å². The summed E-state index contributed by atoms with van der Waals surface area (Å²) < 4.78 is 67.3. The molecule has 5 saturated heterocycles. The summed E-state index contributed by atoms with van der Waals surface area (Å²) in [7, 11) is 0. The van der Waals surface area contributed by atoms with Gasteiger partial charge in [-0.2, -0.15) is 9.97 Å². The van der Waals surface area contributed by atoms with Crippen molar-refractivity contribution in [2.45, 2.75) is 49.2 Å². The van der Waals surface area contributed by atoms with E-state index in [9.17, 15) is 13.9 Å². The Morgan fingerprint density at radius 2 is 1.83 bits per heavy atom. The first kappa shape index (κ1) is 26.0. The highest BCUT2D eigenvalue weighted by Gasteiger charge is 2.57. The second kappa shape index (κ2) is 9.15. The Labute approximate surface area is 239 Å². The van der Waals surface area contributed by atoms with Crippen molar-refractivity contribution in [3.63, 3.8) is 0 Å². The van der Waals surface area contributed by atoms with Gasteiger partial charge >= 0.3 is 6.01 Å². The molecule has 3 aromatic carbocycles. The standard InChI is InChI=1S/C31H29F4N5O2/c32-24-11-23-27(26(33)25(24)22-10-20(41)8-17-4-1-2-5-21(17)22)37-29(38-28(23)39-12-18-9-19(13-39)36-18)42-16-30-6-3-7-40(30)15-31(34,35)14-30/h1-2,4-5,8,10-11,18-19,36,41H,3,6-7,9,12-16H2. The molecule has 11 heteroatoms. The smallest absolute Gasteiger partial charge is 0.319 e. The predicted octanol–water partition coefficient (Wildman–Crippen LogP) is 5.24. The van der Waals surface area contributed by atoms with Gasteiger partial charge in [-0.1, -0.05) is 24.3 Å². The number of hydrogen-bond acceptors (Lipinski definition) is 7. The summed E-state index contributed by atoms with van der Waals surface area (Å²) in [6.07, 6.45) is 2.07. The normalized spacial score (nSPS) is 26.5. The van der Waals surface area contributed by atoms with Crippen molar-refractivity contribution in [1.29, 1.82) is 0 Å². The van der Waals surface area contributed by atoms with Crippen LogP contribution in [0.5, 0.6) is 11.8 Å². The highest BCUT2D eigenvalue weighted by atomic mass is 19.3. The molecule has 5 fully saturated rings. The average Bonchev–Trinajstić information content (AvgIpc) is 3.43. The predicted molar refractivity (Wildman–Crippen MR) is 150 cm³/mol. The van der Waals surface area contributed by atoms with Gasteiger partial charge in [-0.3, -0.25) is 4.90 Å². The molecule has 5 aliphatic rings. The van der Waals surface area contributed by atoms with E-state index in [-0.39, 0.29) is 65.4 Å². The van der Waals surface area contributed by atoms with Gasteiger partial charge in [-0.05, 0) is 60.3 Å². The largest absolute Gasteiger partial charge is 0.508 e. The fourth-order valence-electron chi connectivity index (χ4n) is 7.57. The van der Waals surface area contributed by atoms with Crippen molar-refractivity contribution in [1.82, 2.24) is 20.2 Å². The molecular formula is C31H29F4N5O2. The van der Waals surface area contributed by atoms with E-state index in [1.807, 2.05) is 4.90 Å². The molecule has 4 aromatic rings. The highest BCUT2D eigenvalue weighted by molar-refractivity contribution is 6.01. The molecule has 0 saturated carbocycles. The maximum Gasteiger partial charge on any atom is 0.319 e. The van der Waals surface area contributed by atoms with Crippen LogP contribution in [0.4, 0.5) is 23.4 Å². The van der Waals surface area contributed by atoms with Crippen LogP contribution in [0.25, 0.3) is 32.8 Å². The minimum Gasteiger partial charge on any atom is -0.508 e. The number of nitrogens with zero attached hydrogens (tertiary/aromatic N) is 4. The van der Waals surface area contributed by atoms with Crippen molar-refractivity contribution in [3.05, 3.63) is 54.1 Å². The number of fused-ring (bicyclic) bond motifs is 5. The molecule has 0 radical (unpaired) electrons. The van der Waals surface area contributed by atoms with Crippen LogP contribution < -0.4 is 15.0 Å². The molecule has 2 bridgehead atoms. The van der Waals surface area contributed by atoms with Crippen LogP contribution in [-0.4, -0.2) is 76.3 Å². The number of rotatable bonds is 5. The number of aromatic nitrogens is 2. The second-order valence-electron chi connectivity index (χ2n) is 12.3. The van der Waals surface area contributed by atoms with Gasteiger partial charge in [0.25, 0.3) is 5.92 Å². The summed E-state index contributed by atoms with van der Waals surface area (Å²) in [4.78, 5) is 12.8. The third kappa shape index (κ3) is 4.08. The maximum absolute atomic E-state index is 16.5. The van der Waals surface area contributed by atoms with Gasteiger partial charge in [0.05, 0.1) is 17.6 Å². The zero-order valence-electron chi connectivity index (χ0n) is 22.7. The number of benzene rings is 3. The highest BCUT2D eigenvalue weighted by Crippen LogP contribution is 2.46. The minimum atomic E-state index is -2.80. The van der Waals surface area contributed by atoms with Crippen LogP contribution in [0.1, 0.15) is 25.7 Å². The number of piperidine rings is 1. The first-order chi connectivity index (χ1) is 20.2. The maximum atomic E-state index is 16.5. The molecule has 6 heterocycles. The van der Waals surface area contributed by atoms with Crippen LogP contribution in [0.2, 0.25) is 0 Å².